The molecule has 0 spiro atoms. The second-order valence-corrected chi connectivity index (χ2v) is 11.3. The van der Waals surface area contributed by atoms with Crippen molar-refractivity contribution in [3.05, 3.63) is 36.3 Å². The molecule has 3 N–H and O–H groups in total. The zero-order chi connectivity index (χ0) is 25.0. The van der Waals surface area contributed by atoms with Gasteiger partial charge in [-0.05, 0) is 38.0 Å². The monoisotopic (exact) mass is 501 g/mol. The fourth-order valence-corrected chi connectivity index (χ4v) is 5.25. The van der Waals surface area contributed by atoms with E-state index in [2.05, 4.69) is 25.3 Å². The molecule has 186 valence electrons. The smallest absolute Gasteiger partial charge is 0.272 e. The number of anilines is 2. The lowest BCUT2D eigenvalue weighted by atomic mass is 10.0. The van der Waals surface area contributed by atoms with E-state index in [1.807, 2.05) is 18.2 Å². The SMILES string of the molecule is CC1(C)Oc2cnc(N[C@H]3CCN(S(C)(=O)=O)C[C@@H]3O)nc2N(Cc2ccc3nc[nH]c3c2)C1=O. The zero-order valence-electron chi connectivity index (χ0n) is 19.6. The molecule has 0 saturated carbocycles. The van der Waals surface area contributed by atoms with Crippen molar-refractivity contribution in [2.75, 3.05) is 29.6 Å². The minimum absolute atomic E-state index is 0.0145. The van der Waals surface area contributed by atoms with Gasteiger partial charge in [0.25, 0.3) is 5.91 Å². The van der Waals surface area contributed by atoms with Gasteiger partial charge in [-0.15, -0.1) is 0 Å². The largest absolute Gasteiger partial charge is 0.472 e. The minimum atomic E-state index is -3.38. The van der Waals surface area contributed by atoms with E-state index >= 15 is 0 Å². The number of carbonyl (C=O) groups excluding carboxylic acids is 1. The van der Waals surface area contributed by atoms with Gasteiger partial charge in [0.1, 0.15) is 0 Å². The van der Waals surface area contributed by atoms with Crippen LogP contribution in [0.5, 0.6) is 5.75 Å². The lowest BCUT2D eigenvalue weighted by Gasteiger charge is -2.38. The molecule has 4 heterocycles. The molecule has 0 radical (unpaired) electrons. The number of aliphatic hydroxyl groups is 1. The average molecular weight is 502 g/mol. The molecule has 35 heavy (non-hydrogen) atoms. The van der Waals surface area contributed by atoms with Crippen molar-refractivity contribution in [3.8, 4) is 5.75 Å². The minimum Gasteiger partial charge on any atom is -0.472 e. The normalized spacial score (nSPS) is 22.6. The van der Waals surface area contributed by atoms with Crippen LogP contribution in [0.2, 0.25) is 0 Å². The summed E-state index contributed by atoms with van der Waals surface area (Å²) in [5.41, 5.74) is 1.48. The molecule has 5 rings (SSSR count). The molecule has 1 amide bonds. The van der Waals surface area contributed by atoms with Crippen LogP contribution in [0.1, 0.15) is 25.8 Å². The van der Waals surface area contributed by atoms with Crippen LogP contribution in [-0.4, -0.2) is 80.8 Å². The number of hydrogen-bond acceptors (Lipinski definition) is 9. The van der Waals surface area contributed by atoms with E-state index in [9.17, 15) is 18.3 Å². The van der Waals surface area contributed by atoms with E-state index in [0.29, 0.717) is 18.0 Å². The number of fused-ring (bicyclic) bond motifs is 2. The fourth-order valence-electron chi connectivity index (χ4n) is 4.38. The molecule has 2 atom stereocenters. The number of β-amino-alcohol motifs (C(OH)–C–C–N with tert-alkyl or cyclic N) is 1. The van der Waals surface area contributed by atoms with E-state index in [-0.39, 0.29) is 31.5 Å². The number of amides is 1. The van der Waals surface area contributed by atoms with Gasteiger partial charge >= 0.3 is 0 Å². The first kappa shape index (κ1) is 23.5. The number of nitrogens with one attached hydrogen (secondary N) is 2. The molecule has 1 fully saturated rings. The Bertz CT molecular complexity index is 1390. The van der Waals surface area contributed by atoms with Gasteiger partial charge in [-0.3, -0.25) is 9.69 Å². The number of aromatic nitrogens is 4. The molecule has 3 aromatic rings. The molecular weight excluding hydrogens is 474 g/mol. The number of nitrogens with zero attached hydrogens (tertiary/aromatic N) is 5. The molecule has 0 bridgehead atoms. The maximum atomic E-state index is 13.3. The third-order valence-corrected chi connectivity index (χ3v) is 7.54. The maximum absolute atomic E-state index is 13.3. The van der Waals surface area contributed by atoms with E-state index in [1.165, 1.54) is 10.5 Å². The van der Waals surface area contributed by atoms with Crippen molar-refractivity contribution >= 4 is 38.7 Å². The van der Waals surface area contributed by atoms with Crippen molar-refractivity contribution in [1.82, 2.24) is 24.2 Å². The van der Waals surface area contributed by atoms with E-state index in [1.54, 1.807) is 25.1 Å². The number of imidazole rings is 1. The van der Waals surface area contributed by atoms with Crippen LogP contribution in [0.15, 0.2) is 30.7 Å². The summed E-state index contributed by atoms with van der Waals surface area (Å²) in [7, 11) is -3.38. The maximum Gasteiger partial charge on any atom is 0.272 e. The van der Waals surface area contributed by atoms with Crippen LogP contribution in [0.3, 0.4) is 0 Å². The Morgan fingerprint density at radius 1 is 1.31 bits per heavy atom. The third-order valence-electron chi connectivity index (χ3n) is 6.27. The first-order chi connectivity index (χ1) is 16.5. The van der Waals surface area contributed by atoms with Gasteiger partial charge in [0.15, 0.2) is 17.2 Å². The Morgan fingerprint density at radius 3 is 2.86 bits per heavy atom. The molecule has 13 heteroatoms. The van der Waals surface area contributed by atoms with Gasteiger partial charge in [-0.25, -0.2) is 18.4 Å². The molecule has 12 nitrogen and oxygen atoms in total. The summed E-state index contributed by atoms with van der Waals surface area (Å²) in [6.07, 6.45) is 3.68. The highest BCUT2D eigenvalue weighted by Crippen LogP contribution is 2.37. The number of piperidine rings is 1. The van der Waals surface area contributed by atoms with Crippen LogP contribution in [0, 0.1) is 0 Å². The standard InChI is InChI=1S/C22H27N7O5S/c1-22(2)20(31)29(10-13-4-5-14-16(8-13)25-12-24-14)19-18(34-22)9-23-21(27-19)26-15-6-7-28(11-17(15)30)35(3,32)33/h4-5,8-9,12,15,17,30H,6-7,10-11H2,1-3H3,(H,24,25)(H,23,26,27)/t15-,17-/m0/s1. The van der Waals surface area contributed by atoms with Gasteiger partial charge < -0.3 is 20.1 Å². The number of H-pyrrole nitrogens is 1. The summed E-state index contributed by atoms with van der Waals surface area (Å²) in [5.74, 6) is 0.654. The Labute approximate surface area is 202 Å². The highest BCUT2D eigenvalue weighted by Gasteiger charge is 2.42. The average Bonchev–Trinajstić information content (AvgIpc) is 3.26. The molecule has 0 aliphatic carbocycles. The van der Waals surface area contributed by atoms with Crippen LogP contribution in [0.4, 0.5) is 11.8 Å². The van der Waals surface area contributed by atoms with Crippen molar-refractivity contribution < 1.29 is 23.1 Å². The summed E-state index contributed by atoms with van der Waals surface area (Å²) in [4.78, 5) is 31.0. The van der Waals surface area contributed by atoms with Gasteiger partial charge in [0.2, 0.25) is 16.0 Å². The predicted molar refractivity (Wildman–Crippen MR) is 128 cm³/mol. The Hall–Kier alpha value is -3.29. The lowest BCUT2D eigenvalue weighted by molar-refractivity contribution is -0.133. The van der Waals surface area contributed by atoms with Crippen molar-refractivity contribution in [2.45, 2.75) is 44.6 Å². The highest BCUT2D eigenvalue weighted by atomic mass is 32.2. The van der Waals surface area contributed by atoms with Gasteiger partial charge in [-0.1, -0.05) is 6.07 Å². The predicted octanol–water partition coefficient (Wildman–Crippen LogP) is 0.864. The number of sulfonamides is 1. The van der Waals surface area contributed by atoms with E-state index in [0.717, 1.165) is 22.9 Å². The second-order valence-electron chi connectivity index (χ2n) is 9.37. The fraction of sp³-hybridized carbons (Fsp3) is 0.455. The Morgan fingerprint density at radius 2 is 2.11 bits per heavy atom. The summed E-state index contributed by atoms with van der Waals surface area (Å²) in [5, 5.41) is 13.6. The van der Waals surface area contributed by atoms with E-state index in [4.69, 9.17) is 4.74 Å². The van der Waals surface area contributed by atoms with Gasteiger partial charge in [-0.2, -0.15) is 9.29 Å². The number of hydrogen-bond donors (Lipinski definition) is 3. The number of rotatable bonds is 5. The number of benzene rings is 1. The number of ether oxygens (including phenoxy) is 1. The summed E-state index contributed by atoms with van der Waals surface area (Å²) in [6, 6.07) is 5.28. The zero-order valence-corrected chi connectivity index (χ0v) is 20.4. The summed E-state index contributed by atoms with van der Waals surface area (Å²) in [6.45, 7) is 3.91. The van der Waals surface area contributed by atoms with Crippen LogP contribution < -0.4 is 15.0 Å². The number of carbonyl (C=O) groups is 1. The molecule has 1 aromatic carbocycles. The summed E-state index contributed by atoms with van der Waals surface area (Å²) < 4.78 is 30.7. The Balaban J connectivity index is 1.41. The molecule has 2 aliphatic heterocycles. The number of aliphatic hydroxyl groups excluding tert-OH is 1. The Kier molecular flexibility index (Phi) is 5.65. The molecule has 2 aliphatic rings. The topological polar surface area (TPSA) is 154 Å². The second kappa shape index (κ2) is 8.43. The first-order valence-corrected chi connectivity index (χ1v) is 13.1. The van der Waals surface area contributed by atoms with Crippen molar-refractivity contribution in [2.24, 2.45) is 0 Å². The highest BCUT2D eigenvalue weighted by molar-refractivity contribution is 7.88. The van der Waals surface area contributed by atoms with Crippen LogP contribution >= 0.6 is 0 Å². The molecular formula is C22H27N7O5S. The van der Waals surface area contributed by atoms with Crippen molar-refractivity contribution in [3.63, 3.8) is 0 Å². The molecule has 0 unspecified atom stereocenters. The van der Waals surface area contributed by atoms with Gasteiger partial charge in [0.05, 0.1) is 48.5 Å². The summed E-state index contributed by atoms with van der Waals surface area (Å²) >= 11 is 0. The van der Waals surface area contributed by atoms with E-state index < -0.39 is 27.8 Å². The molecule has 1 saturated heterocycles. The van der Waals surface area contributed by atoms with Crippen LogP contribution in [0.25, 0.3) is 11.0 Å². The first-order valence-electron chi connectivity index (χ1n) is 11.2. The lowest BCUT2D eigenvalue weighted by Crippen LogP contribution is -2.53. The van der Waals surface area contributed by atoms with Gasteiger partial charge in [0, 0.05) is 13.1 Å². The third kappa shape index (κ3) is 4.54. The number of aromatic amines is 1. The quantitative estimate of drug-likeness (QED) is 0.462. The molecule has 2 aromatic heterocycles. The van der Waals surface area contributed by atoms with Crippen LogP contribution in [-0.2, 0) is 21.4 Å². The van der Waals surface area contributed by atoms with Crippen molar-refractivity contribution in [1.29, 1.82) is 0 Å².